The number of aromatic nitrogens is 2. The molecule has 1 aliphatic rings. The van der Waals surface area contributed by atoms with E-state index in [4.69, 9.17) is 16.3 Å². The molecule has 0 spiro atoms. The molecule has 0 amide bonds. The minimum absolute atomic E-state index is 0.246. The number of ether oxygens (including phenoxy) is 1. The quantitative estimate of drug-likeness (QED) is 0.839. The van der Waals surface area contributed by atoms with Crippen LogP contribution in [0.25, 0.3) is 0 Å². The summed E-state index contributed by atoms with van der Waals surface area (Å²) in [5.74, 6) is 0.568. The summed E-state index contributed by atoms with van der Waals surface area (Å²) in [5, 5.41) is 3.74. The Hall–Kier alpha value is -0.870. The molecule has 1 aliphatic heterocycles. The Morgan fingerprint density at radius 3 is 3.06 bits per heavy atom. The zero-order valence-electron chi connectivity index (χ0n) is 10.1. The first kappa shape index (κ1) is 12.6. The van der Waals surface area contributed by atoms with Crippen LogP contribution in [0.1, 0.15) is 31.4 Å². The first-order valence-electron chi connectivity index (χ1n) is 6.11. The van der Waals surface area contributed by atoms with Gasteiger partial charge in [0.25, 0.3) is 0 Å². The smallest absolute Gasteiger partial charge is 0.225 e. The molecule has 0 unspecified atom stereocenters. The molecule has 2 heterocycles. The topological polar surface area (TPSA) is 47.0 Å². The first-order valence-corrected chi connectivity index (χ1v) is 6.49. The van der Waals surface area contributed by atoms with Gasteiger partial charge in [-0.25, -0.2) is 4.98 Å². The van der Waals surface area contributed by atoms with E-state index in [1.165, 1.54) is 19.3 Å². The van der Waals surface area contributed by atoms with Crippen LogP contribution in [0.15, 0.2) is 6.07 Å². The zero-order valence-corrected chi connectivity index (χ0v) is 10.8. The Kier molecular flexibility index (Phi) is 4.57. The molecule has 0 aromatic carbocycles. The summed E-state index contributed by atoms with van der Waals surface area (Å²) < 4.78 is 5.59. The van der Waals surface area contributed by atoms with Crippen LogP contribution >= 0.6 is 11.6 Å². The zero-order chi connectivity index (χ0) is 12.1. The van der Waals surface area contributed by atoms with E-state index in [9.17, 15) is 0 Å². The molecule has 5 heteroatoms. The molecule has 1 aromatic rings. The largest absolute Gasteiger partial charge is 0.477 e. The highest BCUT2D eigenvalue weighted by atomic mass is 35.5. The maximum Gasteiger partial charge on any atom is 0.225 e. The average Bonchev–Trinajstić information content (AvgIpc) is 2.29. The van der Waals surface area contributed by atoms with Crippen molar-refractivity contribution in [2.24, 2.45) is 0 Å². The Labute approximate surface area is 107 Å². The molecule has 94 valence electrons. The van der Waals surface area contributed by atoms with Crippen molar-refractivity contribution in [2.75, 3.05) is 13.2 Å². The second-order valence-electron chi connectivity index (χ2n) is 4.40. The van der Waals surface area contributed by atoms with E-state index in [-0.39, 0.29) is 5.28 Å². The number of hydrogen-bond donors (Lipinski definition) is 1. The number of piperidine rings is 1. The summed E-state index contributed by atoms with van der Waals surface area (Å²) in [4.78, 5) is 8.02. The summed E-state index contributed by atoms with van der Waals surface area (Å²) in [7, 11) is 0. The molecule has 1 saturated heterocycles. The number of nitrogens with one attached hydrogen (secondary N) is 1. The van der Waals surface area contributed by atoms with Gasteiger partial charge in [0.15, 0.2) is 0 Å². The molecule has 1 fully saturated rings. The van der Waals surface area contributed by atoms with E-state index in [1.807, 2.05) is 6.92 Å². The van der Waals surface area contributed by atoms with Crippen molar-refractivity contribution in [1.82, 2.24) is 15.3 Å². The minimum Gasteiger partial charge on any atom is -0.477 e. The molecule has 1 aromatic heterocycles. The molecule has 0 saturated carbocycles. The van der Waals surface area contributed by atoms with Crippen LogP contribution in [-0.4, -0.2) is 29.2 Å². The molecular formula is C12H18ClN3O. The van der Waals surface area contributed by atoms with Crippen molar-refractivity contribution in [3.05, 3.63) is 17.0 Å². The Balaban J connectivity index is 1.77. The SMILES string of the molecule is Cc1cc(OCC[C@@H]2CCCCN2)nc(Cl)n1. The molecule has 1 atom stereocenters. The van der Waals surface area contributed by atoms with Crippen molar-refractivity contribution in [1.29, 1.82) is 0 Å². The number of hydrogen-bond acceptors (Lipinski definition) is 4. The van der Waals surface area contributed by atoms with Crippen LogP contribution in [0.2, 0.25) is 5.28 Å². The first-order chi connectivity index (χ1) is 8.24. The van der Waals surface area contributed by atoms with Crippen molar-refractivity contribution in [3.8, 4) is 5.88 Å². The van der Waals surface area contributed by atoms with E-state index in [2.05, 4.69) is 15.3 Å². The summed E-state index contributed by atoms with van der Waals surface area (Å²) in [6.45, 7) is 3.68. The van der Waals surface area contributed by atoms with Gasteiger partial charge in [-0.15, -0.1) is 0 Å². The van der Waals surface area contributed by atoms with Crippen LogP contribution < -0.4 is 10.1 Å². The maximum atomic E-state index is 5.76. The molecule has 2 rings (SSSR count). The van der Waals surface area contributed by atoms with Gasteiger partial charge >= 0.3 is 0 Å². The fraction of sp³-hybridized carbons (Fsp3) is 0.667. The van der Waals surface area contributed by atoms with E-state index >= 15 is 0 Å². The highest BCUT2D eigenvalue weighted by molar-refractivity contribution is 6.28. The molecule has 0 bridgehead atoms. The fourth-order valence-electron chi connectivity index (χ4n) is 2.05. The highest BCUT2D eigenvalue weighted by Gasteiger charge is 2.12. The number of nitrogens with zero attached hydrogens (tertiary/aromatic N) is 2. The van der Waals surface area contributed by atoms with Crippen LogP contribution in [0, 0.1) is 6.92 Å². The van der Waals surface area contributed by atoms with Crippen LogP contribution in [0.4, 0.5) is 0 Å². The third-order valence-electron chi connectivity index (χ3n) is 2.93. The van der Waals surface area contributed by atoms with Crippen LogP contribution in [0.3, 0.4) is 0 Å². The monoisotopic (exact) mass is 255 g/mol. The summed E-state index contributed by atoms with van der Waals surface area (Å²) in [5.41, 5.74) is 0.829. The maximum absolute atomic E-state index is 5.76. The fourth-order valence-corrected chi connectivity index (χ4v) is 2.27. The van der Waals surface area contributed by atoms with Gasteiger partial charge in [-0.05, 0) is 44.3 Å². The van der Waals surface area contributed by atoms with E-state index < -0.39 is 0 Å². The Bertz CT molecular complexity index is 347. The lowest BCUT2D eigenvalue weighted by molar-refractivity contribution is 0.260. The van der Waals surface area contributed by atoms with E-state index in [0.29, 0.717) is 18.5 Å². The number of rotatable bonds is 4. The van der Waals surface area contributed by atoms with Gasteiger partial charge in [0, 0.05) is 17.8 Å². The highest BCUT2D eigenvalue weighted by Crippen LogP contribution is 2.14. The molecular weight excluding hydrogens is 238 g/mol. The molecule has 4 nitrogen and oxygen atoms in total. The van der Waals surface area contributed by atoms with Crippen LogP contribution in [-0.2, 0) is 0 Å². The number of aryl methyl sites for hydroxylation is 1. The Morgan fingerprint density at radius 1 is 1.47 bits per heavy atom. The van der Waals surface area contributed by atoms with Crippen molar-refractivity contribution in [3.63, 3.8) is 0 Å². The lowest BCUT2D eigenvalue weighted by Crippen LogP contribution is -2.35. The second-order valence-corrected chi connectivity index (χ2v) is 4.74. The predicted octanol–water partition coefficient (Wildman–Crippen LogP) is 2.35. The standard InChI is InChI=1S/C12H18ClN3O/c1-9-8-11(16-12(13)15-9)17-7-5-10-4-2-3-6-14-10/h8,10,14H,2-7H2,1H3/t10-/m0/s1. The van der Waals surface area contributed by atoms with Gasteiger partial charge in [-0.2, -0.15) is 4.98 Å². The third kappa shape index (κ3) is 4.13. The number of halogens is 1. The van der Waals surface area contributed by atoms with Crippen molar-refractivity contribution in [2.45, 2.75) is 38.6 Å². The summed E-state index contributed by atoms with van der Waals surface area (Å²) in [6, 6.07) is 2.39. The third-order valence-corrected chi connectivity index (χ3v) is 3.10. The Morgan fingerprint density at radius 2 is 2.35 bits per heavy atom. The van der Waals surface area contributed by atoms with Crippen molar-refractivity contribution >= 4 is 11.6 Å². The van der Waals surface area contributed by atoms with Gasteiger partial charge in [0.1, 0.15) is 0 Å². The van der Waals surface area contributed by atoms with E-state index in [1.54, 1.807) is 6.07 Å². The van der Waals surface area contributed by atoms with Gasteiger partial charge in [0.2, 0.25) is 11.2 Å². The lowest BCUT2D eigenvalue weighted by atomic mass is 10.0. The van der Waals surface area contributed by atoms with E-state index in [0.717, 1.165) is 18.7 Å². The lowest BCUT2D eigenvalue weighted by Gasteiger charge is -2.23. The summed E-state index contributed by atoms with van der Waals surface area (Å²) in [6.07, 6.45) is 4.86. The van der Waals surface area contributed by atoms with Gasteiger partial charge in [-0.1, -0.05) is 6.42 Å². The average molecular weight is 256 g/mol. The molecule has 0 aliphatic carbocycles. The van der Waals surface area contributed by atoms with Crippen LogP contribution in [0.5, 0.6) is 5.88 Å². The molecule has 17 heavy (non-hydrogen) atoms. The predicted molar refractivity (Wildman–Crippen MR) is 67.5 cm³/mol. The molecule has 0 radical (unpaired) electrons. The van der Waals surface area contributed by atoms with Gasteiger partial charge < -0.3 is 10.1 Å². The van der Waals surface area contributed by atoms with Crippen molar-refractivity contribution < 1.29 is 4.74 Å². The second kappa shape index (κ2) is 6.17. The van der Waals surface area contributed by atoms with Gasteiger partial charge in [0.05, 0.1) is 6.61 Å². The molecule has 1 N–H and O–H groups in total. The minimum atomic E-state index is 0.246. The normalized spacial score (nSPS) is 20.2. The van der Waals surface area contributed by atoms with Gasteiger partial charge in [-0.3, -0.25) is 0 Å². The summed E-state index contributed by atoms with van der Waals surface area (Å²) >= 11 is 5.76.